The number of nitrogens with one attached hydrogen (secondary N) is 1. The van der Waals surface area contributed by atoms with Crippen LogP contribution in [-0.2, 0) is 9.59 Å². The molecular weight excluding hydrogens is 278 g/mol. The van der Waals surface area contributed by atoms with E-state index in [1.807, 2.05) is 18.2 Å². The largest absolute Gasteiger partial charge is 0.345 e. The molecule has 1 saturated heterocycles. The SMILES string of the molecule is Cl.NC(C(=O)NCC(=O)N1CCCC1)c1ccccc1. The topological polar surface area (TPSA) is 75.4 Å². The molecule has 2 amide bonds. The molecular formula is C14H20ClN3O2. The highest BCUT2D eigenvalue weighted by Crippen LogP contribution is 2.10. The fraction of sp³-hybridized carbons (Fsp3) is 0.429. The first-order chi connectivity index (χ1) is 9.18. The van der Waals surface area contributed by atoms with Crippen molar-refractivity contribution >= 4 is 24.2 Å². The Morgan fingerprint density at radius 2 is 1.80 bits per heavy atom. The van der Waals surface area contributed by atoms with Gasteiger partial charge in [-0.25, -0.2) is 0 Å². The van der Waals surface area contributed by atoms with Crippen molar-refractivity contribution in [1.82, 2.24) is 10.2 Å². The molecule has 3 N–H and O–H groups in total. The number of likely N-dealkylation sites (tertiary alicyclic amines) is 1. The van der Waals surface area contributed by atoms with E-state index in [9.17, 15) is 9.59 Å². The van der Waals surface area contributed by atoms with E-state index in [-0.39, 0.29) is 30.8 Å². The Kier molecular flexibility index (Phi) is 6.48. The lowest BCUT2D eigenvalue weighted by molar-refractivity contribution is -0.132. The highest BCUT2D eigenvalue weighted by atomic mass is 35.5. The van der Waals surface area contributed by atoms with E-state index in [1.54, 1.807) is 17.0 Å². The number of benzene rings is 1. The zero-order chi connectivity index (χ0) is 13.7. The van der Waals surface area contributed by atoms with Gasteiger partial charge in [-0.05, 0) is 18.4 Å². The molecule has 2 rings (SSSR count). The van der Waals surface area contributed by atoms with Crippen LogP contribution in [0.4, 0.5) is 0 Å². The second-order valence-corrected chi connectivity index (χ2v) is 4.69. The van der Waals surface area contributed by atoms with Crippen molar-refractivity contribution in [3.8, 4) is 0 Å². The maximum Gasteiger partial charge on any atom is 0.241 e. The number of nitrogens with zero attached hydrogens (tertiary/aromatic N) is 1. The summed E-state index contributed by atoms with van der Waals surface area (Å²) in [6.45, 7) is 1.61. The van der Waals surface area contributed by atoms with Gasteiger partial charge in [-0.15, -0.1) is 12.4 Å². The minimum absolute atomic E-state index is 0. The van der Waals surface area contributed by atoms with Gasteiger partial charge in [0, 0.05) is 13.1 Å². The highest BCUT2D eigenvalue weighted by Gasteiger charge is 2.20. The number of hydrogen-bond acceptors (Lipinski definition) is 3. The van der Waals surface area contributed by atoms with Gasteiger partial charge in [-0.2, -0.15) is 0 Å². The Labute approximate surface area is 124 Å². The van der Waals surface area contributed by atoms with Crippen molar-refractivity contribution < 1.29 is 9.59 Å². The predicted octanol–water partition coefficient (Wildman–Crippen LogP) is 0.847. The molecule has 1 fully saturated rings. The third-order valence-electron chi connectivity index (χ3n) is 3.31. The summed E-state index contributed by atoms with van der Waals surface area (Å²) < 4.78 is 0. The lowest BCUT2D eigenvalue weighted by Gasteiger charge is -2.17. The lowest BCUT2D eigenvalue weighted by atomic mass is 10.1. The molecule has 1 aliphatic rings. The summed E-state index contributed by atoms with van der Waals surface area (Å²) in [6.07, 6.45) is 2.09. The Balaban J connectivity index is 0.00000200. The van der Waals surface area contributed by atoms with Crippen LogP contribution in [0.2, 0.25) is 0 Å². The molecule has 0 spiro atoms. The number of nitrogens with two attached hydrogens (primary N) is 1. The van der Waals surface area contributed by atoms with Gasteiger partial charge in [0.05, 0.1) is 6.54 Å². The summed E-state index contributed by atoms with van der Waals surface area (Å²) in [6, 6.07) is 8.40. The molecule has 1 aromatic carbocycles. The number of carbonyl (C=O) groups is 2. The quantitative estimate of drug-likeness (QED) is 0.865. The van der Waals surface area contributed by atoms with E-state index in [1.165, 1.54) is 0 Å². The minimum atomic E-state index is -0.729. The highest BCUT2D eigenvalue weighted by molar-refractivity contribution is 5.88. The van der Waals surface area contributed by atoms with Crippen LogP contribution in [0.5, 0.6) is 0 Å². The average molecular weight is 298 g/mol. The molecule has 110 valence electrons. The van der Waals surface area contributed by atoms with Crippen LogP contribution in [0.25, 0.3) is 0 Å². The Bertz CT molecular complexity index is 447. The van der Waals surface area contributed by atoms with Crippen LogP contribution < -0.4 is 11.1 Å². The van der Waals surface area contributed by atoms with E-state index in [0.717, 1.165) is 31.5 Å². The fourth-order valence-corrected chi connectivity index (χ4v) is 2.16. The zero-order valence-corrected chi connectivity index (χ0v) is 12.1. The van der Waals surface area contributed by atoms with Gasteiger partial charge in [0.2, 0.25) is 11.8 Å². The molecule has 0 aromatic heterocycles. The maximum absolute atomic E-state index is 11.9. The van der Waals surface area contributed by atoms with E-state index >= 15 is 0 Å². The maximum atomic E-state index is 11.9. The summed E-state index contributed by atoms with van der Waals surface area (Å²) in [7, 11) is 0. The summed E-state index contributed by atoms with van der Waals surface area (Å²) in [5, 5.41) is 2.60. The normalized spacial score (nSPS) is 15.3. The number of carbonyl (C=O) groups excluding carboxylic acids is 2. The number of hydrogen-bond donors (Lipinski definition) is 2. The van der Waals surface area contributed by atoms with Gasteiger partial charge in [0.25, 0.3) is 0 Å². The van der Waals surface area contributed by atoms with Crippen molar-refractivity contribution in [2.45, 2.75) is 18.9 Å². The van der Waals surface area contributed by atoms with Gasteiger partial charge < -0.3 is 16.0 Å². The van der Waals surface area contributed by atoms with Crippen LogP contribution in [0, 0.1) is 0 Å². The molecule has 5 nitrogen and oxygen atoms in total. The number of amides is 2. The van der Waals surface area contributed by atoms with Crippen molar-refractivity contribution in [3.63, 3.8) is 0 Å². The minimum Gasteiger partial charge on any atom is -0.345 e. The molecule has 1 aromatic rings. The molecule has 1 aliphatic heterocycles. The number of halogens is 1. The number of rotatable bonds is 4. The second-order valence-electron chi connectivity index (χ2n) is 4.69. The fourth-order valence-electron chi connectivity index (χ4n) is 2.16. The second kappa shape index (κ2) is 7.87. The monoisotopic (exact) mass is 297 g/mol. The summed E-state index contributed by atoms with van der Waals surface area (Å²) in [5.41, 5.74) is 6.59. The van der Waals surface area contributed by atoms with Crippen LogP contribution in [0.3, 0.4) is 0 Å². The van der Waals surface area contributed by atoms with Crippen LogP contribution in [0.1, 0.15) is 24.4 Å². The smallest absolute Gasteiger partial charge is 0.241 e. The molecule has 1 heterocycles. The van der Waals surface area contributed by atoms with Gasteiger partial charge in [-0.1, -0.05) is 30.3 Å². The van der Waals surface area contributed by atoms with Gasteiger partial charge in [0.1, 0.15) is 6.04 Å². The Hall–Kier alpha value is -1.59. The summed E-state index contributed by atoms with van der Waals surface area (Å²) in [4.78, 5) is 25.4. The predicted molar refractivity (Wildman–Crippen MR) is 79.4 cm³/mol. The standard InChI is InChI=1S/C14H19N3O2.ClH/c15-13(11-6-2-1-3-7-11)14(19)16-10-12(18)17-8-4-5-9-17;/h1-3,6-7,13H,4-5,8-10,15H2,(H,16,19);1H. The summed E-state index contributed by atoms with van der Waals surface area (Å²) in [5.74, 6) is -0.357. The average Bonchev–Trinajstić information content (AvgIpc) is 2.98. The van der Waals surface area contributed by atoms with E-state index in [4.69, 9.17) is 5.73 Å². The molecule has 0 aliphatic carbocycles. The third-order valence-corrected chi connectivity index (χ3v) is 3.31. The third kappa shape index (κ3) is 4.21. The molecule has 1 unspecified atom stereocenters. The summed E-state index contributed by atoms with van der Waals surface area (Å²) >= 11 is 0. The first-order valence-electron chi connectivity index (χ1n) is 6.54. The van der Waals surface area contributed by atoms with E-state index < -0.39 is 6.04 Å². The Morgan fingerprint density at radius 1 is 1.20 bits per heavy atom. The van der Waals surface area contributed by atoms with Crippen molar-refractivity contribution in [1.29, 1.82) is 0 Å². The van der Waals surface area contributed by atoms with Gasteiger partial charge >= 0.3 is 0 Å². The molecule has 0 bridgehead atoms. The molecule has 0 radical (unpaired) electrons. The van der Waals surface area contributed by atoms with Crippen LogP contribution >= 0.6 is 12.4 Å². The Morgan fingerprint density at radius 3 is 2.40 bits per heavy atom. The molecule has 0 saturated carbocycles. The van der Waals surface area contributed by atoms with Crippen molar-refractivity contribution in [2.75, 3.05) is 19.6 Å². The van der Waals surface area contributed by atoms with Crippen LogP contribution in [-0.4, -0.2) is 36.3 Å². The van der Waals surface area contributed by atoms with Gasteiger partial charge in [0.15, 0.2) is 0 Å². The lowest BCUT2D eigenvalue weighted by Crippen LogP contribution is -2.42. The molecule has 6 heteroatoms. The van der Waals surface area contributed by atoms with Crippen molar-refractivity contribution in [3.05, 3.63) is 35.9 Å². The molecule has 1 atom stereocenters. The molecule has 20 heavy (non-hydrogen) atoms. The first-order valence-corrected chi connectivity index (χ1v) is 6.54. The van der Waals surface area contributed by atoms with Crippen LogP contribution in [0.15, 0.2) is 30.3 Å². The van der Waals surface area contributed by atoms with Gasteiger partial charge in [-0.3, -0.25) is 9.59 Å². The van der Waals surface area contributed by atoms with E-state index in [2.05, 4.69) is 5.32 Å². The van der Waals surface area contributed by atoms with E-state index in [0.29, 0.717) is 0 Å². The zero-order valence-electron chi connectivity index (χ0n) is 11.2. The van der Waals surface area contributed by atoms with Crippen molar-refractivity contribution in [2.24, 2.45) is 5.73 Å². The first kappa shape index (κ1) is 16.5.